The molecule has 0 amide bonds. The maximum Gasteiger partial charge on any atom is 0.496 e. The first-order valence-corrected chi connectivity index (χ1v) is 7.46. The van der Waals surface area contributed by atoms with Crippen LogP contribution < -0.4 is 10.8 Å². The lowest BCUT2D eigenvalue weighted by Crippen LogP contribution is -2.41. The molecule has 0 spiro atoms. The lowest BCUT2D eigenvalue weighted by atomic mass is 9.80. The van der Waals surface area contributed by atoms with Crippen LogP contribution in [0.2, 0.25) is 0 Å². The highest BCUT2D eigenvalue weighted by atomic mass is 16.7. The number of pyridine rings is 1. The molecular weight excluding hydrogens is 285 g/mol. The first-order valence-electron chi connectivity index (χ1n) is 7.46. The third-order valence-electron chi connectivity index (χ3n) is 4.53. The van der Waals surface area contributed by atoms with Crippen molar-refractivity contribution in [1.82, 2.24) is 4.98 Å². The molecule has 0 radical (unpaired) electrons. The molecule has 0 bridgehead atoms. The smallest absolute Gasteiger partial charge is 0.399 e. The van der Waals surface area contributed by atoms with E-state index in [1.165, 1.54) is 6.07 Å². The van der Waals surface area contributed by atoms with Crippen molar-refractivity contribution < 1.29 is 14.2 Å². The van der Waals surface area contributed by atoms with Gasteiger partial charge < -0.3 is 14.6 Å². The van der Waals surface area contributed by atoms with Gasteiger partial charge in [-0.15, -0.1) is 0 Å². The maximum atomic E-state index is 11.3. The van der Waals surface area contributed by atoms with Crippen molar-refractivity contribution in [3.05, 3.63) is 22.4 Å². The second-order valence-electron chi connectivity index (χ2n) is 6.90. The number of hydrogen-bond acceptors (Lipinski definition) is 6. The van der Waals surface area contributed by atoms with Crippen LogP contribution in [0.15, 0.2) is 12.3 Å². The van der Waals surface area contributed by atoms with Crippen molar-refractivity contribution in [2.75, 3.05) is 5.32 Å². The lowest BCUT2D eigenvalue weighted by molar-refractivity contribution is -0.384. The Morgan fingerprint density at radius 3 is 2.41 bits per heavy atom. The Labute approximate surface area is 129 Å². The minimum absolute atomic E-state index is 0.0425. The molecule has 1 aromatic heterocycles. The zero-order valence-electron chi connectivity index (χ0n) is 13.3. The zero-order valence-corrected chi connectivity index (χ0v) is 13.3. The van der Waals surface area contributed by atoms with Gasteiger partial charge in [-0.2, -0.15) is 0 Å². The number of hydrogen-bond donors (Lipinski definition) is 1. The van der Waals surface area contributed by atoms with Gasteiger partial charge in [0.25, 0.3) is 0 Å². The quantitative estimate of drug-likeness (QED) is 0.519. The summed E-state index contributed by atoms with van der Waals surface area (Å²) in [5.41, 5.74) is -0.458. The minimum Gasteiger partial charge on any atom is -0.399 e. The minimum atomic E-state index is -0.647. The number of nitrogens with zero attached hydrogens (tertiary/aromatic N) is 2. The molecule has 2 heterocycles. The van der Waals surface area contributed by atoms with Crippen LogP contribution in [0.1, 0.15) is 40.5 Å². The molecule has 8 heteroatoms. The molecule has 2 fully saturated rings. The molecule has 1 aliphatic heterocycles. The summed E-state index contributed by atoms with van der Waals surface area (Å²) in [5, 5.41) is 14.4. The third-order valence-corrected chi connectivity index (χ3v) is 4.53. The van der Waals surface area contributed by atoms with Crippen LogP contribution in [-0.4, -0.2) is 34.3 Å². The summed E-state index contributed by atoms with van der Waals surface area (Å²) in [7, 11) is -0.647. The van der Waals surface area contributed by atoms with Gasteiger partial charge in [0.05, 0.1) is 16.1 Å². The highest BCUT2D eigenvalue weighted by Crippen LogP contribution is 2.37. The van der Waals surface area contributed by atoms with Gasteiger partial charge in [0, 0.05) is 23.8 Å². The van der Waals surface area contributed by atoms with Gasteiger partial charge in [0.15, 0.2) is 0 Å². The molecule has 22 heavy (non-hydrogen) atoms. The van der Waals surface area contributed by atoms with E-state index in [0.29, 0.717) is 17.3 Å². The van der Waals surface area contributed by atoms with Crippen molar-refractivity contribution in [3.63, 3.8) is 0 Å². The van der Waals surface area contributed by atoms with Gasteiger partial charge in [-0.3, -0.25) is 10.1 Å². The Bertz CT molecular complexity index is 600. The predicted molar refractivity (Wildman–Crippen MR) is 83.3 cm³/mol. The maximum absolute atomic E-state index is 11.3. The Morgan fingerprint density at radius 1 is 1.32 bits per heavy atom. The molecule has 1 aliphatic carbocycles. The number of nitrogens with one attached hydrogen (secondary N) is 1. The second kappa shape index (κ2) is 4.92. The first-order chi connectivity index (χ1) is 10.2. The lowest BCUT2D eigenvalue weighted by Gasteiger charge is -2.32. The van der Waals surface area contributed by atoms with Gasteiger partial charge in [-0.25, -0.2) is 4.98 Å². The summed E-state index contributed by atoms with van der Waals surface area (Å²) in [4.78, 5) is 15.1. The van der Waals surface area contributed by atoms with E-state index in [2.05, 4.69) is 10.3 Å². The fourth-order valence-corrected chi connectivity index (χ4v) is 2.25. The summed E-state index contributed by atoms with van der Waals surface area (Å²) in [6, 6.07) is 1.79. The molecule has 118 valence electrons. The fourth-order valence-electron chi connectivity index (χ4n) is 2.25. The van der Waals surface area contributed by atoms with E-state index < -0.39 is 23.2 Å². The van der Waals surface area contributed by atoms with Gasteiger partial charge in [-0.05, 0) is 40.5 Å². The van der Waals surface area contributed by atoms with Gasteiger partial charge >= 0.3 is 12.8 Å². The van der Waals surface area contributed by atoms with Crippen molar-refractivity contribution in [2.45, 2.75) is 57.8 Å². The van der Waals surface area contributed by atoms with E-state index in [1.807, 2.05) is 27.7 Å². The van der Waals surface area contributed by atoms with Crippen LogP contribution in [0.25, 0.3) is 0 Å². The number of nitro groups is 1. The van der Waals surface area contributed by atoms with Crippen LogP contribution in [-0.2, 0) is 9.31 Å². The number of anilines is 1. The molecule has 2 aliphatic rings. The molecule has 0 unspecified atom stereocenters. The highest BCUT2D eigenvalue weighted by Gasteiger charge is 2.52. The van der Waals surface area contributed by atoms with Crippen molar-refractivity contribution in [2.24, 2.45) is 0 Å². The third kappa shape index (κ3) is 2.68. The molecule has 0 aromatic carbocycles. The van der Waals surface area contributed by atoms with E-state index in [-0.39, 0.29) is 5.69 Å². The fraction of sp³-hybridized carbons (Fsp3) is 0.643. The summed E-state index contributed by atoms with van der Waals surface area (Å²) >= 11 is 0. The standard InChI is InChI=1S/C14H20BN3O4/c1-13(2)14(3,4)22-15(21-13)9-7-11(18(19)20)12(16-8-9)17-10-5-6-10/h7-8,10H,5-6H2,1-4H3,(H,16,17). The molecule has 1 aromatic rings. The van der Waals surface area contributed by atoms with Crippen LogP contribution in [0.4, 0.5) is 11.5 Å². The van der Waals surface area contributed by atoms with Gasteiger partial charge in [-0.1, -0.05) is 0 Å². The zero-order chi connectivity index (χ0) is 16.1. The number of rotatable bonds is 4. The normalized spacial score (nSPS) is 22.6. The van der Waals surface area contributed by atoms with Gasteiger partial charge in [0.2, 0.25) is 5.82 Å². The van der Waals surface area contributed by atoms with Crippen molar-refractivity contribution in [3.8, 4) is 0 Å². The summed E-state index contributed by atoms with van der Waals surface area (Å²) in [6.45, 7) is 7.77. The van der Waals surface area contributed by atoms with Crippen LogP contribution in [0.3, 0.4) is 0 Å². The summed E-state index contributed by atoms with van der Waals surface area (Å²) in [6.07, 6.45) is 3.63. The van der Waals surface area contributed by atoms with Gasteiger partial charge in [0.1, 0.15) is 0 Å². The molecular formula is C14H20BN3O4. The number of aromatic nitrogens is 1. The second-order valence-corrected chi connectivity index (χ2v) is 6.90. The average Bonchev–Trinajstić information content (AvgIpc) is 3.17. The average molecular weight is 305 g/mol. The topological polar surface area (TPSA) is 86.5 Å². The summed E-state index contributed by atoms with van der Waals surface area (Å²) < 4.78 is 11.8. The molecule has 7 nitrogen and oxygen atoms in total. The Morgan fingerprint density at radius 2 is 1.91 bits per heavy atom. The van der Waals surface area contributed by atoms with Crippen molar-refractivity contribution in [1.29, 1.82) is 0 Å². The SMILES string of the molecule is CC1(C)OB(c2cnc(NC3CC3)c([N+](=O)[O-])c2)OC1(C)C. The molecule has 1 saturated heterocycles. The Hall–Kier alpha value is -1.67. The van der Waals surface area contributed by atoms with Crippen LogP contribution in [0.5, 0.6) is 0 Å². The summed E-state index contributed by atoms with van der Waals surface area (Å²) in [5.74, 6) is 0.313. The molecule has 0 atom stereocenters. The highest BCUT2D eigenvalue weighted by molar-refractivity contribution is 6.62. The predicted octanol–water partition coefficient (Wildman–Crippen LogP) is 1.86. The van der Waals surface area contributed by atoms with Crippen LogP contribution in [0, 0.1) is 10.1 Å². The first kappa shape index (κ1) is 15.2. The monoisotopic (exact) mass is 305 g/mol. The van der Waals surface area contributed by atoms with E-state index in [0.717, 1.165) is 12.8 Å². The van der Waals surface area contributed by atoms with E-state index in [9.17, 15) is 10.1 Å². The largest absolute Gasteiger partial charge is 0.496 e. The molecule has 1 N–H and O–H groups in total. The molecule has 3 rings (SSSR count). The van der Waals surface area contributed by atoms with E-state index in [4.69, 9.17) is 9.31 Å². The Balaban J connectivity index is 1.89. The molecule has 1 saturated carbocycles. The van der Waals surface area contributed by atoms with Crippen molar-refractivity contribution >= 4 is 24.1 Å². The van der Waals surface area contributed by atoms with Crippen LogP contribution >= 0.6 is 0 Å². The Kier molecular flexibility index (Phi) is 3.41. The van der Waals surface area contributed by atoms with E-state index >= 15 is 0 Å². The van der Waals surface area contributed by atoms with E-state index in [1.54, 1.807) is 6.20 Å².